The van der Waals surface area contributed by atoms with Gasteiger partial charge in [-0.15, -0.1) is 0 Å². The topological polar surface area (TPSA) is 84.6 Å². The van der Waals surface area contributed by atoms with Crippen molar-refractivity contribution in [1.82, 2.24) is 9.78 Å². The van der Waals surface area contributed by atoms with Gasteiger partial charge in [-0.25, -0.2) is 4.79 Å². The predicted molar refractivity (Wildman–Crippen MR) is 96.8 cm³/mol. The Morgan fingerprint density at radius 1 is 1.19 bits per heavy atom. The average Bonchev–Trinajstić information content (AvgIpc) is 3.06. The van der Waals surface area contributed by atoms with E-state index in [4.69, 9.17) is 16.3 Å². The second kappa shape index (κ2) is 7.59. The Hall–Kier alpha value is -2.83. The molecule has 0 saturated carbocycles. The van der Waals surface area contributed by atoms with Crippen molar-refractivity contribution in [2.45, 2.75) is 12.6 Å². The van der Waals surface area contributed by atoms with Crippen LogP contribution in [0.1, 0.15) is 33.3 Å². The molecule has 1 atom stereocenters. The van der Waals surface area contributed by atoms with Crippen LogP contribution in [0.2, 0.25) is 5.02 Å². The highest BCUT2D eigenvalue weighted by Crippen LogP contribution is 2.26. The Bertz CT molecular complexity index is 904. The molecule has 0 fully saturated rings. The number of halogens is 1. The molecular weight excluding hydrogens is 356 g/mol. The standard InChI is InChI=1S/C19H17ClN2O4/c1-26-15-8-2-12(3-9-15)10-22-11-16(17(21-22)19(24)25)18(23)13-4-6-14(20)7-5-13/h2-9,11,18,23H,10H2,1H3,(H,24,25). The molecule has 26 heavy (non-hydrogen) atoms. The van der Waals surface area contributed by atoms with E-state index in [-0.39, 0.29) is 11.3 Å². The lowest BCUT2D eigenvalue weighted by atomic mass is 10.0. The summed E-state index contributed by atoms with van der Waals surface area (Å²) in [5.41, 5.74) is 1.52. The maximum absolute atomic E-state index is 11.5. The van der Waals surface area contributed by atoms with Gasteiger partial charge in [-0.1, -0.05) is 35.9 Å². The van der Waals surface area contributed by atoms with Gasteiger partial charge in [0.2, 0.25) is 0 Å². The Kier molecular flexibility index (Phi) is 5.25. The molecule has 3 rings (SSSR count). The Balaban J connectivity index is 1.90. The van der Waals surface area contributed by atoms with Crippen molar-refractivity contribution in [2.75, 3.05) is 7.11 Å². The summed E-state index contributed by atoms with van der Waals surface area (Å²) in [4.78, 5) is 11.5. The zero-order valence-corrected chi connectivity index (χ0v) is 14.7. The number of benzene rings is 2. The minimum atomic E-state index is -1.19. The van der Waals surface area contributed by atoms with Crippen molar-refractivity contribution in [3.8, 4) is 5.75 Å². The van der Waals surface area contributed by atoms with E-state index in [0.717, 1.165) is 11.3 Å². The summed E-state index contributed by atoms with van der Waals surface area (Å²) in [6, 6.07) is 14.0. The number of aliphatic hydroxyl groups excluding tert-OH is 1. The summed E-state index contributed by atoms with van der Waals surface area (Å²) in [5, 5.41) is 24.7. The largest absolute Gasteiger partial charge is 0.497 e. The molecule has 7 heteroatoms. The molecule has 1 aromatic heterocycles. The second-order valence-corrected chi connectivity index (χ2v) is 6.17. The molecule has 2 N–H and O–H groups in total. The van der Waals surface area contributed by atoms with Crippen molar-refractivity contribution in [3.05, 3.63) is 82.1 Å². The van der Waals surface area contributed by atoms with E-state index in [1.165, 1.54) is 4.68 Å². The van der Waals surface area contributed by atoms with E-state index < -0.39 is 12.1 Å². The van der Waals surface area contributed by atoms with Crippen LogP contribution in [-0.2, 0) is 6.54 Å². The summed E-state index contributed by atoms with van der Waals surface area (Å²) in [7, 11) is 1.59. The van der Waals surface area contributed by atoms with Crippen molar-refractivity contribution < 1.29 is 19.7 Å². The second-order valence-electron chi connectivity index (χ2n) is 5.74. The molecule has 0 bridgehead atoms. The van der Waals surface area contributed by atoms with Crippen LogP contribution in [0, 0.1) is 0 Å². The van der Waals surface area contributed by atoms with Gasteiger partial charge in [0, 0.05) is 16.8 Å². The maximum atomic E-state index is 11.5. The summed E-state index contributed by atoms with van der Waals surface area (Å²) in [6.07, 6.45) is 0.440. The van der Waals surface area contributed by atoms with E-state index in [1.807, 2.05) is 24.3 Å². The van der Waals surface area contributed by atoms with Crippen LogP contribution in [-0.4, -0.2) is 33.1 Å². The summed E-state index contributed by atoms with van der Waals surface area (Å²) < 4.78 is 6.62. The first kappa shape index (κ1) is 18.0. The molecule has 6 nitrogen and oxygen atoms in total. The number of carboxylic acid groups (broad SMARTS) is 1. The number of ether oxygens (including phenoxy) is 1. The molecule has 0 amide bonds. The number of aromatic nitrogens is 2. The molecular formula is C19H17ClN2O4. The lowest BCUT2D eigenvalue weighted by Crippen LogP contribution is -2.07. The molecule has 0 spiro atoms. The van der Waals surface area contributed by atoms with Crippen molar-refractivity contribution in [3.63, 3.8) is 0 Å². The minimum absolute atomic E-state index is 0.180. The molecule has 1 unspecified atom stereocenters. The number of nitrogens with zero attached hydrogens (tertiary/aromatic N) is 2. The van der Waals surface area contributed by atoms with E-state index >= 15 is 0 Å². The third-order valence-electron chi connectivity index (χ3n) is 3.98. The Labute approximate surface area is 155 Å². The van der Waals surface area contributed by atoms with Gasteiger partial charge >= 0.3 is 5.97 Å². The van der Waals surface area contributed by atoms with Gasteiger partial charge in [0.05, 0.1) is 13.7 Å². The van der Waals surface area contributed by atoms with E-state index in [1.54, 1.807) is 37.6 Å². The van der Waals surface area contributed by atoms with Gasteiger partial charge in [0.15, 0.2) is 5.69 Å². The van der Waals surface area contributed by atoms with Crippen LogP contribution in [0.4, 0.5) is 0 Å². The third-order valence-corrected chi connectivity index (χ3v) is 4.23. The average molecular weight is 373 g/mol. The van der Waals surface area contributed by atoms with Crippen LogP contribution in [0.3, 0.4) is 0 Å². The highest BCUT2D eigenvalue weighted by Gasteiger charge is 2.23. The number of hydrogen-bond acceptors (Lipinski definition) is 4. The number of carboxylic acids is 1. The molecule has 0 radical (unpaired) electrons. The predicted octanol–water partition coefficient (Wildman–Crippen LogP) is 3.37. The van der Waals surface area contributed by atoms with E-state index in [2.05, 4.69) is 5.10 Å². The number of hydrogen-bond donors (Lipinski definition) is 2. The number of aromatic carboxylic acids is 1. The monoisotopic (exact) mass is 372 g/mol. The van der Waals surface area contributed by atoms with Crippen molar-refractivity contribution in [1.29, 1.82) is 0 Å². The first-order valence-corrected chi connectivity index (χ1v) is 8.23. The number of rotatable bonds is 6. The zero-order valence-electron chi connectivity index (χ0n) is 14.0. The smallest absolute Gasteiger partial charge is 0.356 e. The molecule has 134 valence electrons. The van der Waals surface area contributed by atoms with Gasteiger partial charge < -0.3 is 14.9 Å². The Morgan fingerprint density at radius 3 is 2.42 bits per heavy atom. The first-order chi connectivity index (χ1) is 12.5. The van der Waals surface area contributed by atoms with E-state index in [9.17, 15) is 15.0 Å². The van der Waals surface area contributed by atoms with Crippen molar-refractivity contribution in [2.24, 2.45) is 0 Å². The summed E-state index contributed by atoms with van der Waals surface area (Å²) >= 11 is 5.86. The number of carbonyl (C=O) groups is 1. The maximum Gasteiger partial charge on any atom is 0.356 e. The molecule has 2 aromatic carbocycles. The van der Waals surface area contributed by atoms with Crippen LogP contribution >= 0.6 is 11.6 Å². The van der Waals surface area contributed by atoms with Gasteiger partial charge in [-0.3, -0.25) is 4.68 Å². The molecule has 0 aliphatic rings. The summed E-state index contributed by atoms with van der Waals surface area (Å²) in [6.45, 7) is 0.373. The molecule has 1 heterocycles. The van der Waals surface area contributed by atoms with E-state index in [0.29, 0.717) is 17.1 Å². The summed E-state index contributed by atoms with van der Waals surface area (Å²) in [5.74, 6) is -0.458. The normalized spacial score (nSPS) is 12.0. The van der Waals surface area contributed by atoms with Gasteiger partial charge in [0.1, 0.15) is 11.9 Å². The van der Waals surface area contributed by atoms with Gasteiger partial charge in [0.25, 0.3) is 0 Å². The minimum Gasteiger partial charge on any atom is -0.497 e. The Morgan fingerprint density at radius 2 is 1.85 bits per heavy atom. The van der Waals surface area contributed by atoms with Gasteiger partial charge in [-0.2, -0.15) is 5.10 Å². The highest BCUT2D eigenvalue weighted by molar-refractivity contribution is 6.30. The van der Waals surface area contributed by atoms with Crippen LogP contribution < -0.4 is 4.74 Å². The molecule has 0 aliphatic heterocycles. The lowest BCUT2D eigenvalue weighted by Gasteiger charge is -2.10. The zero-order chi connectivity index (χ0) is 18.7. The quantitative estimate of drug-likeness (QED) is 0.693. The van der Waals surface area contributed by atoms with Crippen molar-refractivity contribution >= 4 is 17.6 Å². The fourth-order valence-corrected chi connectivity index (χ4v) is 2.75. The molecule has 0 saturated heterocycles. The van der Waals surface area contributed by atoms with Crippen LogP contribution in [0.5, 0.6) is 5.75 Å². The van der Waals surface area contributed by atoms with Crippen LogP contribution in [0.25, 0.3) is 0 Å². The molecule has 0 aliphatic carbocycles. The lowest BCUT2D eigenvalue weighted by molar-refractivity contribution is 0.0684. The number of methoxy groups -OCH3 is 1. The SMILES string of the molecule is COc1ccc(Cn2cc(C(O)c3ccc(Cl)cc3)c(C(=O)O)n2)cc1. The van der Waals surface area contributed by atoms with Crippen LogP contribution in [0.15, 0.2) is 54.7 Å². The fraction of sp³-hybridized carbons (Fsp3) is 0.158. The highest BCUT2D eigenvalue weighted by atomic mass is 35.5. The van der Waals surface area contributed by atoms with Gasteiger partial charge in [-0.05, 0) is 35.4 Å². The fourth-order valence-electron chi connectivity index (χ4n) is 2.63. The third kappa shape index (κ3) is 3.87. The molecule has 3 aromatic rings. The number of aliphatic hydroxyl groups is 1. The first-order valence-electron chi connectivity index (χ1n) is 7.85.